The molecule has 1 aliphatic carbocycles. The standard InChI is InChI=1S/C18H12O/c19-18-7-3-6-14-10-15-8-12-4-1-2-5-13(12)9-16(15)11-17(14)18/h1-6,8-11H,7H2. The van der Waals surface area contributed by atoms with Gasteiger partial charge >= 0.3 is 0 Å². The van der Waals surface area contributed by atoms with E-state index in [1.807, 2.05) is 24.3 Å². The molecular weight excluding hydrogens is 232 g/mol. The van der Waals surface area contributed by atoms with Crippen LogP contribution in [0.25, 0.3) is 27.6 Å². The second-order valence-corrected chi connectivity index (χ2v) is 5.02. The van der Waals surface area contributed by atoms with Crippen LogP contribution >= 0.6 is 0 Å². The fourth-order valence-electron chi connectivity index (χ4n) is 2.79. The zero-order chi connectivity index (χ0) is 12.8. The van der Waals surface area contributed by atoms with Gasteiger partial charge in [-0.3, -0.25) is 4.79 Å². The van der Waals surface area contributed by atoms with Crippen LogP contribution in [-0.2, 0) is 0 Å². The third-order valence-electron chi connectivity index (χ3n) is 3.77. The Hall–Kier alpha value is -2.41. The van der Waals surface area contributed by atoms with Gasteiger partial charge in [-0.25, -0.2) is 0 Å². The minimum atomic E-state index is 0.215. The predicted molar refractivity (Wildman–Crippen MR) is 79.4 cm³/mol. The fourth-order valence-corrected chi connectivity index (χ4v) is 2.79. The van der Waals surface area contributed by atoms with E-state index in [4.69, 9.17) is 0 Å². The van der Waals surface area contributed by atoms with Crippen LogP contribution < -0.4 is 0 Å². The maximum Gasteiger partial charge on any atom is 0.167 e. The SMILES string of the molecule is O=C1CC=Cc2cc3cc4ccccc4cc3cc21. The molecule has 19 heavy (non-hydrogen) atoms. The molecule has 0 saturated carbocycles. The summed E-state index contributed by atoms with van der Waals surface area (Å²) in [6, 6.07) is 16.8. The number of ketones is 1. The first-order valence-corrected chi connectivity index (χ1v) is 6.47. The van der Waals surface area contributed by atoms with E-state index in [0.29, 0.717) is 6.42 Å². The van der Waals surface area contributed by atoms with Crippen molar-refractivity contribution >= 4 is 33.4 Å². The molecule has 0 amide bonds. The van der Waals surface area contributed by atoms with E-state index in [1.165, 1.54) is 16.2 Å². The lowest BCUT2D eigenvalue weighted by Crippen LogP contribution is -2.03. The summed E-state index contributed by atoms with van der Waals surface area (Å²) in [6.45, 7) is 0. The Bertz CT molecular complexity index is 856. The zero-order valence-corrected chi connectivity index (χ0v) is 10.4. The molecule has 0 bridgehead atoms. The van der Waals surface area contributed by atoms with Gasteiger partial charge in [0.1, 0.15) is 0 Å². The summed E-state index contributed by atoms with van der Waals surface area (Å²) in [4.78, 5) is 11.9. The molecule has 0 radical (unpaired) electrons. The van der Waals surface area contributed by atoms with Gasteiger partial charge in [0.2, 0.25) is 0 Å². The van der Waals surface area contributed by atoms with Crippen molar-refractivity contribution in [1.29, 1.82) is 0 Å². The van der Waals surface area contributed by atoms with Crippen LogP contribution in [0, 0.1) is 0 Å². The number of benzene rings is 3. The average Bonchev–Trinajstić information content (AvgIpc) is 2.44. The van der Waals surface area contributed by atoms with Crippen LogP contribution in [0.15, 0.2) is 54.6 Å². The lowest BCUT2D eigenvalue weighted by atomic mass is 9.92. The Morgan fingerprint density at radius 2 is 1.47 bits per heavy atom. The van der Waals surface area contributed by atoms with Crippen molar-refractivity contribution in [3.8, 4) is 0 Å². The van der Waals surface area contributed by atoms with Crippen molar-refractivity contribution in [2.24, 2.45) is 0 Å². The number of carbonyl (C=O) groups excluding carboxylic acids is 1. The van der Waals surface area contributed by atoms with Crippen LogP contribution in [0.1, 0.15) is 22.3 Å². The number of rotatable bonds is 0. The van der Waals surface area contributed by atoms with E-state index in [0.717, 1.165) is 16.5 Å². The Labute approximate surface area is 111 Å². The van der Waals surface area contributed by atoms with E-state index in [2.05, 4.69) is 36.4 Å². The molecule has 0 heterocycles. The maximum atomic E-state index is 11.9. The van der Waals surface area contributed by atoms with Crippen molar-refractivity contribution in [1.82, 2.24) is 0 Å². The first-order valence-electron chi connectivity index (χ1n) is 6.47. The number of Topliss-reactive ketones (excluding diaryl/α,β-unsaturated/α-hetero) is 1. The van der Waals surface area contributed by atoms with Gasteiger partial charge in [-0.1, -0.05) is 36.4 Å². The molecule has 0 saturated heterocycles. The molecule has 0 atom stereocenters. The molecule has 90 valence electrons. The summed E-state index contributed by atoms with van der Waals surface area (Å²) in [5.41, 5.74) is 1.89. The van der Waals surface area contributed by atoms with Crippen LogP contribution in [0.4, 0.5) is 0 Å². The minimum absolute atomic E-state index is 0.215. The minimum Gasteiger partial charge on any atom is -0.294 e. The second-order valence-electron chi connectivity index (χ2n) is 5.02. The molecule has 0 N–H and O–H groups in total. The molecule has 3 aromatic carbocycles. The number of carbonyl (C=O) groups is 1. The fraction of sp³-hybridized carbons (Fsp3) is 0.0556. The van der Waals surface area contributed by atoms with E-state index in [-0.39, 0.29) is 5.78 Å². The zero-order valence-electron chi connectivity index (χ0n) is 10.4. The maximum absolute atomic E-state index is 11.9. The van der Waals surface area contributed by atoms with Crippen molar-refractivity contribution in [2.75, 3.05) is 0 Å². The molecule has 4 rings (SSSR count). The van der Waals surface area contributed by atoms with Gasteiger partial charge in [0.25, 0.3) is 0 Å². The largest absolute Gasteiger partial charge is 0.294 e. The Kier molecular flexibility index (Phi) is 2.10. The smallest absolute Gasteiger partial charge is 0.167 e. The van der Waals surface area contributed by atoms with Gasteiger partial charge in [-0.2, -0.15) is 0 Å². The van der Waals surface area contributed by atoms with Gasteiger partial charge < -0.3 is 0 Å². The summed E-state index contributed by atoms with van der Waals surface area (Å²) < 4.78 is 0. The Morgan fingerprint density at radius 1 is 0.789 bits per heavy atom. The monoisotopic (exact) mass is 244 g/mol. The molecule has 0 spiro atoms. The summed E-state index contributed by atoms with van der Waals surface area (Å²) in [5.74, 6) is 0.215. The highest BCUT2D eigenvalue weighted by atomic mass is 16.1. The molecule has 0 fully saturated rings. The van der Waals surface area contributed by atoms with Gasteiger partial charge in [-0.15, -0.1) is 0 Å². The molecule has 0 aliphatic heterocycles. The van der Waals surface area contributed by atoms with Crippen molar-refractivity contribution < 1.29 is 4.79 Å². The van der Waals surface area contributed by atoms with E-state index in [1.54, 1.807) is 0 Å². The molecule has 0 aromatic heterocycles. The van der Waals surface area contributed by atoms with E-state index < -0.39 is 0 Å². The van der Waals surface area contributed by atoms with Gasteiger partial charge in [0, 0.05) is 12.0 Å². The summed E-state index contributed by atoms with van der Waals surface area (Å²) in [7, 11) is 0. The third kappa shape index (κ3) is 1.59. The number of fused-ring (bicyclic) bond motifs is 3. The summed E-state index contributed by atoms with van der Waals surface area (Å²) in [5, 5.41) is 4.78. The molecule has 0 unspecified atom stereocenters. The van der Waals surface area contributed by atoms with E-state index >= 15 is 0 Å². The topological polar surface area (TPSA) is 17.1 Å². The predicted octanol–water partition coefficient (Wildman–Crippen LogP) is 4.59. The van der Waals surface area contributed by atoms with Crippen molar-refractivity contribution in [3.63, 3.8) is 0 Å². The lowest BCUT2D eigenvalue weighted by Gasteiger charge is -2.11. The average molecular weight is 244 g/mol. The lowest BCUT2D eigenvalue weighted by molar-refractivity contribution is 0.0994. The summed E-state index contributed by atoms with van der Waals surface area (Å²) >= 11 is 0. The van der Waals surface area contributed by atoms with Crippen LogP contribution in [0.2, 0.25) is 0 Å². The first-order chi connectivity index (χ1) is 9.31. The number of hydrogen-bond donors (Lipinski definition) is 0. The second kappa shape index (κ2) is 3.79. The highest BCUT2D eigenvalue weighted by Gasteiger charge is 2.14. The molecule has 1 aliphatic rings. The molecule has 1 heteroatoms. The number of allylic oxidation sites excluding steroid dienone is 1. The Morgan fingerprint density at radius 3 is 2.21 bits per heavy atom. The van der Waals surface area contributed by atoms with Crippen molar-refractivity contribution in [2.45, 2.75) is 6.42 Å². The van der Waals surface area contributed by atoms with Crippen LogP contribution in [0.5, 0.6) is 0 Å². The summed E-state index contributed by atoms with van der Waals surface area (Å²) in [6.07, 6.45) is 4.51. The molecule has 3 aromatic rings. The Balaban J connectivity index is 2.11. The molecule has 1 nitrogen and oxygen atoms in total. The highest BCUT2D eigenvalue weighted by molar-refractivity contribution is 6.08. The van der Waals surface area contributed by atoms with Gasteiger partial charge in [-0.05, 0) is 51.4 Å². The van der Waals surface area contributed by atoms with E-state index in [9.17, 15) is 4.79 Å². The van der Waals surface area contributed by atoms with Crippen LogP contribution in [0.3, 0.4) is 0 Å². The normalized spacial score (nSPS) is 14.0. The quantitative estimate of drug-likeness (QED) is 0.528. The van der Waals surface area contributed by atoms with Crippen molar-refractivity contribution in [3.05, 3.63) is 65.7 Å². The number of hydrogen-bond acceptors (Lipinski definition) is 1. The van der Waals surface area contributed by atoms with Gasteiger partial charge in [0.15, 0.2) is 5.78 Å². The van der Waals surface area contributed by atoms with Crippen LogP contribution in [-0.4, -0.2) is 5.78 Å². The third-order valence-corrected chi connectivity index (χ3v) is 3.77. The highest BCUT2D eigenvalue weighted by Crippen LogP contribution is 2.28. The molecular formula is C18H12O. The first kappa shape index (κ1) is 10.5. The van der Waals surface area contributed by atoms with Gasteiger partial charge in [0.05, 0.1) is 0 Å².